The molecule has 1 aromatic heterocycles. The second kappa shape index (κ2) is 7.38. The zero-order chi connectivity index (χ0) is 18.7. The van der Waals surface area contributed by atoms with Gasteiger partial charge in [-0.25, -0.2) is 0 Å². The molecule has 0 atom stereocenters. The molecule has 136 valence electrons. The standard InChI is InChI=1S/C18H20N4O4/c1-22-17(12-4-5-12)14(9-20-22)18(26)21-13-6-2-11(3-7-13)8-15(23)19-10-16(24)25/h2-3,6-7,9,12H,4-5,8,10H2,1H3,(H,19,23)(H,21,26)(H,24,25). The molecule has 3 N–H and O–H groups in total. The van der Waals surface area contributed by atoms with Crippen LogP contribution in [-0.2, 0) is 23.1 Å². The summed E-state index contributed by atoms with van der Waals surface area (Å²) in [4.78, 5) is 34.6. The number of amides is 2. The molecule has 8 heteroatoms. The fourth-order valence-corrected chi connectivity index (χ4v) is 2.79. The molecule has 0 bridgehead atoms. The molecule has 0 aliphatic heterocycles. The minimum absolute atomic E-state index is 0.0793. The van der Waals surface area contributed by atoms with Gasteiger partial charge in [-0.3, -0.25) is 19.1 Å². The van der Waals surface area contributed by atoms with Crippen LogP contribution in [0.5, 0.6) is 0 Å². The van der Waals surface area contributed by atoms with Gasteiger partial charge in [-0.05, 0) is 30.5 Å². The van der Waals surface area contributed by atoms with Crippen LogP contribution in [0.15, 0.2) is 30.5 Å². The second-order valence-electron chi connectivity index (χ2n) is 6.34. The first-order chi connectivity index (χ1) is 12.4. The van der Waals surface area contributed by atoms with E-state index >= 15 is 0 Å². The van der Waals surface area contributed by atoms with Crippen LogP contribution in [0.2, 0.25) is 0 Å². The number of carboxylic acid groups (broad SMARTS) is 1. The zero-order valence-electron chi connectivity index (χ0n) is 14.4. The van der Waals surface area contributed by atoms with Gasteiger partial charge in [-0.2, -0.15) is 5.10 Å². The highest BCUT2D eigenvalue weighted by Crippen LogP contribution is 2.41. The van der Waals surface area contributed by atoms with Crippen LogP contribution < -0.4 is 10.6 Å². The van der Waals surface area contributed by atoms with E-state index in [9.17, 15) is 14.4 Å². The molecule has 1 saturated carbocycles. The monoisotopic (exact) mass is 356 g/mol. The van der Waals surface area contributed by atoms with Crippen LogP contribution >= 0.6 is 0 Å². The molecule has 1 aliphatic rings. The van der Waals surface area contributed by atoms with Crippen molar-refractivity contribution in [2.24, 2.45) is 7.05 Å². The van der Waals surface area contributed by atoms with E-state index in [4.69, 9.17) is 5.11 Å². The second-order valence-corrected chi connectivity index (χ2v) is 6.34. The lowest BCUT2D eigenvalue weighted by Crippen LogP contribution is -2.30. The molecule has 0 saturated heterocycles. The summed E-state index contributed by atoms with van der Waals surface area (Å²) < 4.78 is 1.76. The Labute approximate surface area is 150 Å². The third-order valence-electron chi connectivity index (χ3n) is 4.21. The van der Waals surface area contributed by atoms with Gasteiger partial charge in [0.05, 0.1) is 23.9 Å². The molecular formula is C18H20N4O4. The molecule has 1 fully saturated rings. The lowest BCUT2D eigenvalue weighted by molar-refractivity contribution is -0.137. The number of carboxylic acids is 1. The summed E-state index contributed by atoms with van der Waals surface area (Å²) in [6.07, 6.45) is 3.83. The predicted molar refractivity (Wildman–Crippen MR) is 93.9 cm³/mol. The Hall–Kier alpha value is -3.16. The summed E-state index contributed by atoms with van der Waals surface area (Å²) >= 11 is 0. The highest BCUT2D eigenvalue weighted by molar-refractivity contribution is 6.05. The summed E-state index contributed by atoms with van der Waals surface area (Å²) in [5, 5.41) is 17.9. The van der Waals surface area contributed by atoms with Gasteiger partial charge in [-0.15, -0.1) is 0 Å². The van der Waals surface area contributed by atoms with Crippen LogP contribution in [0, 0.1) is 0 Å². The minimum Gasteiger partial charge on any atom is -0.480 e. The Morgan fingerprint density at radius 2 is 1.92 bits per heavy atom. The molecule has 0 unspecified atom stereocenters. The zero-order valence-corrected chi connectivity index (χ0v) is 14.4. The number of hydrogen-bond donors (Lipinski definition) is 3. The van der Waals surface area contributed by atoms with E-state index in [0.717, 1.165) is 24.1 Å². The highest BCUT2D eigenvalue weighted by atomic mass is 16.4. The van der Waals surface area contributed by atoms with E-state index in [1.807, 2.05) is 7.05 Å². The number of hydrogen-bond acceptors (Lipinski definition) is 4. The van der Waals surface area contributed by atoms with Crippen molar-refractivity contribution in [3.8, 4) is 0 Å². The van der Waals surface area contributed by atoms with Crippen molar-refractivity contribution in [2.45, 2.75) is 25.2 Å². The number of aryl methyl sites for hydroxylation is 1. The van der Waals surface area contributed by atoms with Crippen LogP contribution in [0.3, 0.4) is 0 Å². The van der Waals surface area contributed by atoms with Crippen LogP contribution in [0.25, 0.3) is 0 Å². The highest BCUT2D eigenvalue weighted by Gasteiger charge is 2.31. The Balaban J connectivity index is 1.60. The molecule has 2 amide bonds. The SMILES string of the molecule is Cn1ncc(C(=O)Nc2ccc(CC(=O)NCC(=O)O)cc2)c1C1CC1. The Kier molecular flexibility index (Phi) is 5.01. The molecular weight excluding hydrogens is 336 g/mol. The largest absolute Gasteiger partial charge is 0.480 e. The number of carbonyl (C=O) groups excluding carboxylic acids is 2. The summed E-state index contributed by atoms with van der Waals surface area (Å²) in [6.45, 7) is -0.401. The van der Waals surface area contributed by atoms with E-state index in [0.29, 0.717) is 17.2 Å². The van der Waals surface area contributed by atoms with Crippen molar-refractivity contribution in [2.75, 3.05) is 11.9 Å². The molecule has 0 radical (unpaired) electrons. The van der Waals surface area contributed by atoms with Gasteiger partial charge in [0, 0.05) is 18.7 Å². The van der Waals surface area contributed by atoms with Gasteiger partial charge in [0.15, 0.2) is 0 Å². The fourth-order valence-electron chi connectivity index (χ4n) is 2.79. The lowest BCUT2D eigenvalue weighted by atomic mass is 10.1. The molecule has 0 spiro atoms. The number of aliphatic carboxylic acids is 1. The minimum atomic E-state index is -1.09. The van der Waals surface area contributed by atoms with Gasteiger partial charge < -0.3 is 15.7 Å². The van der Waals surface area contributed by atoms with E-state index in [1.54, 1.807) is 35.1 Å². The fraction of sp³-hybridized carbons (Fsp3) is 0.333. The molecule has 3 rings (SSSR count). The first-order valence-corrected chi connectivity index (χ1v) is 8.34. The first kappa shape index (κ1) is 17.7. The maximum atomic E-state index is 12.5. The average molecular weight is 356 g/mol. The number of carbonyl (C=O) groups is 3. The van der Waals surface area contributed by atoms with E-state index < -0.39 is 12.5 Å². The number of rotatable bonds is 7. The Bertz CT molecular complexity index is 837. The first-order valence-electron chi connectivity index (χ1n) is 8.34. The van der Waals surface area contributed by atoms with Gasteiger partial charge >= 0.3 is 5.97 Å². The summed E-state index contributed by atoms with van der Waals surface area (Å²) in [5.41, 5.74) is 2.91. The summed E-state index contributed by atoms with van der Waals surface area (Å²) in [5.74, 6) is -1.24. The number of aromatic nitrogens is 2. The lowest BCUT2D eigenvalue weighted by Gasteiger charge is -2.08. The maximum absolute atomic E-state index is 12.5. The number of nitrogens with one attached hydrogen (secondary N) is 2. The van der Waals surface area contributed by atoms with E-state index in [1.165, 1.54) is 0 Å². The van der Waals surface area contributed by atoms with Gasteiger partial charge in [-0.1, -0.05) is 12.1 Å². The van der Waals surface area contributed by atoms with Crippen molar-refractivity contribution in [3.05, 3.63) is 47.3 Å². The van der Waals surface area contributed by atoms with Crippen LogP contribution in [0.1, 0.15) is 40.4 Å². The molecule has 1 heterocycles. The van der Waals surface area contributed by atoms with Crippen LogP contribution in [-0.4, -0.2) is 39.2 Å². The predicted octanol–water partition coefficient (Wildman–Crippen LogP) is 1.29. The van der Waals surface area contributed by atoms with Crippen molar-refractivity contribution >= 4 is 23.5 Å². The Morgan fingerprint density at radius 1 is 1.23 bits per heavy atom. The van der Waals surface area contributed by atoms with E-state index in [2.05, 4.69) is 15.7 Å². The van der Waals surface area contributed by atoms with Crippen molar-refractivity contribution in [3.63, 3.8) is 0 Å². The average Bonchev–Trinajstić information content (AvgIpc) is 3.36. The molecule has 2 aromatic rings. The molecule has 26 heavy (non-hydrogen) atoms. The number of nitrogens with zero attached hydrogens (tertiary/aromatic N) is 2. The maximum Gasteiger partial charge on any atom is 0.322 e. The normalized spacial score (nSPS) is 13.3. The van der Waals surface area contributed by atoms with Gasteiger partial charge in [0.2, 0.25) is 5.91 Å². The third-order valence-corrected chi connectivity index (χ3v) is 4.21. The van der Waals surface area contributed by atoms with Gasteiger partial charge in [0.1, 0.15) is 6.54 Å². The topological polar surface area (TPSA) is 113 Å². The smallest absolute Gasteiger partial charge is 0.322 e. The summed E-state index contributed by atoms with van der Waals surface area (Å²) in [6, 6.07) is 6.87. The number of benzene rings is 1. The summed E-state index contributed by atoms with van der Waals surface area (Å²) in [7, 11) is 1.84. The van der Waals surface area contributed by atoms with Gasteiger partial charge in [0.25, 0.3) is 5.91 Å². The van der Waals surface area contributed by atoms with Crippen molar-refractivity contribution in [1.82, 2.24) is 15.1 Å². The molecule has 1 aliphatic carbocycles. The quantitative estimate of drug-likeness (QED) is 0.692. The third kappa shape index (κ3) is 4.27. The van der Waals surface area contributed by atoms with Crippen molar-refractivity contribution < 1.29 is 19.5 Å². The van der Waals surface area contributed by atoms with Crippen LogP contribution in [0.4, 0.5) is 5.69 Å². The van der Waals surface area contributed by atoms with Crippen molar-refractivity contribution in [1.29, 1.82) is 0 Å². The Morgan fingerprint density at radius 3 is 2.54 bits per heavy atom. The van der Waals surface area contributed by atoms with E-state index in [-0.39, 0.29) is 18.2 Å². The number of anilines is 1. The molecule has 8 nitrogen and oxygen atoms in total. The molecule has 1 aromatic carbocycles.